The maximum Gasteiger partial charge on any atom is 0.156 e. The first-order valence-electron chi connectivity index (χ1n) is 9.59. The molecule has 1 fully saturated rings. The second kappa shape index (κ2) is 6.91. The molecule has 1 atom stereocenters. The minimum absolute atomic E-state index is 0.230. The molecule has 28 heavy (non-hydrogen) atoms. The van der Waals surface area contributed by atoms with Gasteiger partial charge in [0.25, 0.3) is 0 Å². The van der Waals surface area contributed by atoms with Crippen LogP contribution in [0.25, 0.3) is 12.3 Å². The van der Waals surface area contributed by atoms with Crippen LogP contribution in [0.1, 0.15) is 34.5 Å². The summed E-state index contributed by atoms with van der Waals surface area (Å²) >= 11 is 1.78. The molecule has 0 bridgehead atoms. The largest absolute Gasteiger partial charge is 0.365 e. The molecule has 2 heterocycles. The van der Waals surface area contributed by atoms with Gasteiger partial charge in [0.15, 0.2) is 5.82 Å². The smallest absolute Gasteiger partial charge is 0.156 e. The summed E-state index contributed by atoms with van der Waals surface area (Å²) in [7, 11) is 0. The highest BCUT2D eigenvalue weighted by Crippen LogP contribution is 2.45. The van der Waals surface area contributed by atoms with Gasteiger partial charge in [-0.2, -0.15) is 5.10 Å². The van der Waals surface area contributed by atoms with Crippen molar-refractivity contribution in [2.24, 2.45) is 0 Å². The van der Waals surface area contributed by atoms with E-state index >= 15 is 0 Å². The van der Waals surface area contributed by atoms with E-state index in [1.54, 1.807) is 17.5 Å². The third-order valence-corrected chi connectivity index (χ3v) is 6.55. The zero-order valence-electron chi connectivity index (χ0n) is 15.4. The molecule has 140 valence electrons. The topological polar surface area (TPSA) is 46.9 Å². The molecular formula is C23H21N3OS. The molecule has 0 aliphatic heterocycles. The lowest BCUT2D eigenvalue weighted by atomic mass is 9.72. The lowest BCUT2D eigenvalue weighted by molar-refractivity contribution is -0.104. The summed E-state index contributed by atoms with van der Waals surface area (Å²) in [6.45, 7) is 0. The Balaban J connectivity index is 1.65. The molecule has 2 aliphatic carbocycles. The van der Waals surface area contributed by atoms with Crippen molar-refractivity contribution in [1.29, 1.82) is 0 Å². The van der Waals surface area contributed by atoms with Gasteiger partial charge in [0, 0.05) is 29.1 Å². The molecule has 1 aromatic carbocycles. The number of hydrogen-bond acceptors (Lipinski definition) is 4. The third kappa shape index (κ3) is 2.92. The van der Waals surface area contributed by atoms with E-state index in [9.17, 15) is 4.79 Å². The van der Waals surface area contributed by atoms with Crippen LogP contribution in [0, 0.1) is 0 Å². The van der Waals surface area contributed by atoms with Crippen LogP contribution in [0.2, 0.25) is 0 Å². The van der Waals surface area contributed by atoms with Crippen LogP contribution in [-0.4, -0.2) is 22.1 Å². The molecule has 5 heteroatoms. The number of allylic oxidation sites excluding steroid dienone is 2. The minimum Gasteiger partial charge on any atom is -0.365 e. The molecule has 0 radical (unpaired) electrons. The standard InChI is InChI=1S/C23H21N3OS/c27-14-5-13-26-20-16-23(21-8-4-15-28-21,17-6-2-1-3-7-17)12-11-19(20)22(25-26)24-18-9-10-18/h1-8,11-15,18H,9-10,16H2,(H,24,25). The first-order valence-corrected chi connectivity index (χ1v) is 10.5. The van der Waals surface area contributed by atoms with Gasteiger partial charge in [-0.05, 0) is 35.9 Å². The maximum absolute atomic E-state index is 10.9. The molecule has 0 spiro atoms. The van der Waals surface area contributed by atoms with Gasteiger partial charge in [0.05, 0.1) is 11.1 Å². The number of anilines is 1. The number of aldehydes is 1. The van der Waals surface area contributed by atoms with E-state index in [1.807, 2.05) is 4.68 Å². The molecule has 0 saturated heterocycles. The van der Waals surface area contributed by atoms with Crippen LogP contribution in [0.4, 0.5) is 5.82 Å². The van der Waals surface area contributed by atoms with Crippen LogP contribution in [0.15, 0.2) is 60.0 Å². The van der Waals surface area contributed by atoms with Crippen molar-refractivity contribution in [1.82, 2.24) is 9.78 Å². The van der Waals surface area contributed by atoms with E-state index in [-0.39, 0.29) is 5.41 Å². The first kappa shape index (κ1) is 17.2. The summed E-state index contributed by atoms with van der Waals surface area (Å²) in [5.41, 5.74) is 3.29. The van der Waals surface area contributed by atoms with Gasteiger partial charge in [-0.15, -0.1) is 11.3 Å². The lowest BCUT2D eigenvalue weighted by Gasteiger charge is -2.33. The number of nitrogens with zero attached hydrogens (tertiary/aromatic N) is 2. The second-order valence-corrected chi connectivity index (χ2v) is 8.32. The van der Waals surface area contributed by atoms with E-state index < -0.39 is 0 Å². The quantitative estimate of drug-likeness (QED) is 0.491. The molecule has 2 aliphatic rings. The van der Waals surface area contributed by atoms with Gasteiger partial charge in [-0.3, -0.25) is 4.79 Å². The van der Waals surface area contributed by atoms with Crippen LogP contribution >= 0.6 is 11.3 Å². The molecule has 1 saturated carbocycles. The van der Waals surface area contributed by atoms with Gasteiger partial charge in [-0.1, -0.05) is 48.6 Å². The zero-order valence-corrected chi connectivity index (χ0v) is 16.2. The van der Waals surface area contributed by atoms with Crippen LogP contribution in [0.5, 0.6) is 0 Å². The Morgan fingerprint density at radius 1 is 1.18 bits per heavy atom. The van der Waals surface area contributed by atoms with Crippen molar-refractivity contribution < 1.29 is 4.79 Å². The Morgan fingerprint density at radius 2 is 2.04 bits per heavy atom. The van der Waals surface area contributed by atoms with Gasteiger partial charge in [-0.25, -0.2) is 4.68 Å². The number of benzene rings is 1. The highest BCUT2D eigenvalue weighted by Gasteiger charge is 2.38. The van der Waals surface area contributed by atoms with Crippen molar-refractivity contribution in [2.75, 3.05) is 5.32 Å². The van der Waals surface area contributed by atoms with Gasteiger partial charge < -0.3 is 5.32 Å². The third-order valence-electron chi connectivity index (χ3n) is 5.50. The molecule has 1 unspecified atom stereocenters. The Morgan fingerprint density at radius 3 is 2.75 bits per heavy atom. The van der Waals surface area contributed by atoms with Crippen molar-refractivity contribution in [3.05, 3.63) is 81.7 Å². The summed E-state index contributed by atoms with van der Waals surface area (Å²) in [4.78, 5) is 12.2. The summed E-state index contributed by atoms with van der Waals surface area (Å²) in [5.74, 6) is 0.914. The highest BCUT2D eigenvalue weighted by atomic mass is 32.1. The van der Waals surface area contributed by atoms with E-state index in [4.69, 9.17) is 5.10 Å². The number of thiophene rings is 1. The van der Waals surface area contributed by atoms with E-state index in [0.29, 0.717) is 6.04 Å². The summed E-state index contributed by atoms with van der Waals surface area (Å²) in [5, 5.41) is 10.4. The van der Waals surface area contributed by atoms with Crippen molar-refractivity contribution in [2.45, 2.75) is 30.7 Å². The van der Waals surface area contributed by atoms with Crippen LogP contribution in [-0.2, 0) is 16.6 Å². The fourth-order valence-corrected chi connectivity index (χ4v) is 4.86. The van der Waals surface area contributed by atoms with Crippen LogP contribution < -0.4 is 5.32 Å². The summed E-state index contributed by atoms with van der Waals surface area (Å²) in [6, 6.07) is 15.5. The maximum atomic E-state index is 10.9. The van der Waals surface area contributed by atoms with Gasteiger partial charge in [0.1, 0.15) is 6.29 Å². The van der Waals surface area contributed by atoms with Crippen LogP contribution in [0.3, 0.4) is 0 Å². The van der Waals surface area contributed by atoms with Gasteiger partial charge in [0.2, 0.25) is 0 Å². The number of rotatable bonds is 6. The molecular weight excluding hydrogens is 366 g/mol. The highest BCUT2D eigenvalue weighted by molar-refractivity contribution is 7.10. The monoisotopic (exact) mass is 387 g/mol. The van der Waals surface area contributed by atoms with Crippen molar-refractivity contribution >= 4 is 35.7 Å². The molecule has 4 nitrogen and oxygen atoms in total. The Bertz CT molecular complexity index is 1050. The Labute approximate surface area is 168 Å². The van der Waals surface area contributed by atoms with E-state index in [2.05, 4.69) is 65.3 Å². The Hall–Kier alpha value is -2.92. The number of carbonyl (C=O) groups is 1. The normalized spacial score (nSPS) is 21.0. The average molecular weight is 388 g/mol. The minimum atomic E-state index is -0.230. The summed E-state index contributed by atoms with van der Waals surface area (Å²) < 4.78 is 1.86. The predicted octanol–water partition coefficient (Wildman–Crippen LogP) is 4.74. The Kier molecular flexibility index (Phi) is 4.24. The fraction of sp³-hybridized carbons (Fsp3) is 0.217. The average Bonchev–Trinajstić information content (AvgIpc) is 3.25. The molecule has 3 aromatic rings. The van der Waals surface area contributed by atoms with E-state index in [0.717, 1.165) is 29.8 Å². The number of hydrogen-bond donors (Lipinski definition) is 1. The van der Waals surface area contributed by atoms with Gasteiger partial charge >= 0.3 is 0 Å². The molecule has 2 aromatic heterocycles. The SMILES string of the molecule is O=CC=Cn1nc(NC2CC2)c2c1CC(c1ccccc1)(c1cccs1)C=C2. The number of carbonyl (C=O) groups excluding carboxylic acids is 1. The zero-order chi connectivity index (χ0) is 19.0. The summed E-state index contributed by atoms with van der Waals surface area (Å²) in [6.07, 6.45) is 11.8. The second-order valence-electron chi connectivity index (χ2n) is 7.37. The fourth-order valence-electron chi connectivity index (χ4n) is 3.93. The number of fused-ring (bicyclic) bond motifs is 1. The first-order chi connectivity index (χ1) is 13.8. The number of nitrogens with one attached hydrogen (secondary N) is 1. The molecule has 0 amide bonds. The number of aromatic nitrogens is 2. The molecule has 1 N–H and O–H groups in total. The molecule has 5 rings (SSSR count). The van der Waals surface area contributed by atoms with Crippen molar-refractivity contribution in [3.8, 4) is 0 Å². The lowest BCUT2D eigenvalue weighted by Crippen LogP contribution is -2.30. The van der Waals surface area contributed by atoms with E-state index in [1.165, 1.54) is 29.4 Å². The van der Waals surface area contributed by atoms with Crippen molar-refractivity contribution in [3.63, 3.8) is 0 Å². The predicted molar refractivity (Wildman–Crippen MR) is 115 cm³/mol.